The summed E-state index contributed by atoms with van der Waals surface area (Å²) in [4.78, 5) is 0. The molecule has 0 spiro atoms. The second kappa shape index (κ2) is 8.28. The number of ether oxygens (including phenoxy) is 1. The van der Waals surface area contributed by atoms with E-state index in [4.69, 9.17) is 4.74 Å². The molecule has 0 bridgehead atoms. The summed E-state index contributed by atoms with van der Waals surface area (Å²) in [5.74, 6) is 0. The molecule has 1 nitrogen and oxygen atoms in total. The molecule has 1 unspecified atom stereocenters. The molecule has 0 aliphatic carbocycles. The highest BCUT2D eigenvalue weighted by Gasteiger charge is 2.16. The Morgan fingerprint density at radius 1 is 0.929 bits per heavy atom. The highest BCUT2D eigenvalue weighted by atomic mass is 16.5. The molecular formula is C13H26O. The van der Waals surface area contributed by atoms with Gasteiger partial charge in [0, 0.05) is 6.61 Å². The third kappa shape index (κ3) is 5.64. The normalized spacial score (nSPS) is 20.8. The number of unbranched alkanes of at least 4 members (excludes halogenated alkanes) is 7. The van der Waals surface area contributed by atoms with Crippen LogP contribution in [0.4, 0.5) is 0 Å². The smallest absolute Gasteiger partial charge is 0.0597 e. The fourth-order valence-electron chi connectivity index (χ4n) is 2.02. The third-order valence-electron chi connectivity index (χ3n) is 3.17. The van der Waals surface area contributed by atoms with Gasteiger partial charge >= 0.3 is 0 Å². The van der Waals surface area contributed by atoms with Crippen molar-refractivity contribution < 1.29 is 4.74 Å². The van der Waals surface area contributed by atoms with Gasteiger partial charge in [-0.05, 0) is 12.8 Å². The first-order valence-electron chi connectivity index (χ1n) is 6.55. The van der Waals surface area contributed by atoms with E-state index < -0.39 is 0 Å². The zero-order valence-electron chi connectivity index (χ0n) is 9.76. The molecule has 84 valence electrons. The van der Waals surface area contributed by atoms with Gasteiger partial charge in [-0.15, -0.1) is 0 Å². The molecule has 0 aromatic rings. The molecule has 14 heavy (non-hydrogen) atoms. The maximum atomic E-state index is 5.39. The molecule has 1 aliphatic rings. The first-order chi connectivity index (χ1) is 6.93. The van der Waals surface area contributed by atoms with Crippen molar-refractivity contribution >= 4 is 0 Å². The standard InChI is InChI=1S/C13H26O/c1-2-3-4-5-6-7-8-9-10-13-11-12-14-13/h13H,2-12H2,1H3. The first-order valence-corrected chi connectivity index (χ1v) is 6.55. The minimum Gasteiger partial charge on any atom is -0.378 e. The molecule has 0 N–H and O–H groups in total. The summed E-state index contributed by atoms with van der Waals surface area (Å²) in [6.45, 7) is 3.29. The zero-order chi connectivity index (χ0) is 10.1. The second-order valence-corrected chi connectivity index (χ2v) is 4.55. The molecular weight excluding hydrogens is 172 g/mol. The highest BCUT2D eigenvalue weighted by Crippen LogP contribution is 2.18. The minimum absolute atomic E-state index is 0.634. The summed E-state index contributed by atoms with van der Waals surface area (Å²) in [7, 11) is 0. The van der Waals surface area contributed by atoms with Crippen LogP contribution in [-0.2, 0) is 4.74 Å². The topological polar surface area (TPSA) is 9.23 Å². The van der Waals surface area contributed by atoms with E-state index in [1.54, 1.807) is 0 Å². The summed E-state index contributed by atoms with van der Waals surface area (Å²) < 4.78 is 5.39. The van der Waals surface area contributed by atoms with E-state index in [1.165, 1.54) is 64.2 Å². The minimum atomic E-state index is 0.634. The molecule has 1 heterocycles. The van der Waals surface area contributed by atoms with Crippen LogP contribution >= 0.6 is 0 Å². The second-order valence-electron chi connectivity index (χ2n) is 4.55. The van der Waals surface area contributed by atoms with Crippen LogP contribution in [0.2, 0.25) is 0 Å². The Balaban J connectivity index is 1.67. The first kappa shape index (κ1) is 12.0. The van der Waals surface area contributed by atoms with E-state index in [1.807, 2.05) is 0 Å². The molecule has 1 fully saturated rings. The zero-order valence-corrected chi connectivity index (χ0v) is 9.76. The monoisotopic (exact) mass is 198 g/mol. The van der Waals surface area contributed by atoms with E-state index in [2.05, 4.69) is 6.92 Å². The van der Waals surface area contributed by atoms with Crippen LogP contribution in [0.1, 0.15) is 71.1 Å². The lowest BCUT2D eigenvalue weighted by Gasteiger charge is -2.26. The van der Waals surface area contributed by atoms with Crippen LogP contribution < -0.4 is 0 Å². The van der Waals surface area contributed by atoms with Gasteiger partial charge in [0.25, 0.3) is 0 Å². The predicted molar refractivity (Wildman–Crippen MR) is 61.6 cm³/mol. The van der Waals surface area contributed by atoms with Crippen LogP contribution in [0.25, 0.3) is 0 Å². The van der Waals surface area contributed by atoms with E-state index in [0.29, 0.717) is 6.10 Å². The molecule has 0 radical (unpaired) electrons. The van der Waals surface area contributed by atoms with Gasteiger partial charge in [0.15, 0.2) is 0 Å². The molecule has 1 heteroatoms. The maximum Gasteiger partial charge on any atom is 0.0597 e. The van der Waals surface area contributed by atoms with Crippen LogP contribution in [0, 0.1) is 0 Å². The number of hydrogen-bond acceptors (Lipinski definition) is 1. The summed E-state index contributed by atoms with van der Waals surface area (Å²) in [5, 5.41) is 0. The molecule has 0 saturated carbocycles. The van der Waals surface area contributed by atoms with Crippen molar-refractivity contribution in [3.63, 3.8) is 0 Å². The quantitative estimate of drug-likeness (QED) is 0.502. The molecule has 1 saturated heterocycles. The van der Waals surface area contributed by atoms with Crippen LogP contribution in [-0.4, -0.2) is 12.7 Å². The number of rotatable bonds is 9. The third-order valence-corrected chi connectivity index (χ3v) is 3.17. The molecule has 0 amide bonds. The van der Waals surface area contributed by atoms with Crippen molar-refractivity contribution in [3.05, 3.63) is 0 Å². The fourth-order valence-corrected chi connectivity index (χ4v) is 2.02. The Labute approximate surface area is 89.2 Å². The van der Waals surface area contributed by atoms with Crippen molar-refractivity contribution in [1.82, 2.24) is 0 Å². The van der Waals surface area contributed by atoms with Crippen LogP contribution in [0.3, 0.4) is 0 Å². The average Bonchev–Trinajstić information content (AvgIpc) is 2.13. The predicted octanol–water partition coefficient (Wildman–Crippen LogP) is 4.31. The van der Waals surface area contributed by atoms with Gasteiger partial charge in [0.05, 0.1) is 6.10 Å². The highest BCUT2D eigenvalue weighted by molar-refractivity contribution is 4.65. The Morgan fingerprint density at radius 2 is 1.50 bits per heavy atom. The average molecular weight is 198 g/mol. The Hall–Kier alpha value is -0.0400. The van der Waals surface area contributed by atoms with Crippen molar-refractivity contribution in [1.29, 1.82) is 0 Å². The van der Waals surface area contributed by atoms with E-state index in [-0.39, 0.29) is 0 Å². The van der Waals surface area contributed by atoms with Gasteiger partial charge in [0.1, 0.15) is 0 Å². The molecule has 0 aromatic carbocycles. The van der Waals surface area contributed by atoms with E-state index in [9.17, 15) is 0 Å². The SMILES string of the molecule is CCCCCCCCCCC1CCO1. The lowest BCUT2D eigenvalue weighted by atomic mass is 10.0. The summed E-state index contributed by atoms with van der Waals surface area (Å²) in [6.07, 6.45) is 14.7. The Morgan fingerprint density at radius 3 is 2.00 bits per heavy atom. The fraction of sp³-hybridized carbons (Fsp3) is 1.00. The van der Waals surface area contributed by atoms with Crippen molar-refractivity contribution in [2.75, 3.05) is 6.61 Å². The van der Waals surface area contributed by atoms with Gasteiger partial charge < -0.3 is 4.74 Å². The van der Waals surface area contributed by atoms with Crippen LogP contribution in [0.5, 0.6) is 0 Å². The van der Waals surface area contributed by atoms with Gasteiger partial charge in [-0.25, -0.2) is 0 Å². The molecule has 1 aliphatic heterocycles. The Kier molecular flexibility index (Phi) is 7.12. The molecule has 1 rings (SSSR count). The Bertz CT molecular complexity index is 118. The maximum absolute atomic E-state index is 5.39. The van der Waals surface area contributed by atoms with Gasteiger partial charge in [0.2, 0.25) is 0 Å². The number of hydrogen-bond donors (Lipinski definition) is 0. The summed E-state index contributed by atoms with van der Waals surface area (Å²) in [6, 6.07) is 0. The van der Waals surface area contributed by atoms with E-state index in [0.717, 1.165) is 6.61 Å². The lowest BCUT2D eigenvalue weighted by molar-refractivity contribution is -0.0555. The van der Waals surface area contributed by atoms with Crippen molar-refractivity contribution in [2.45, 2.75) is 77.2 Å². The summed E-state index contributed by atoms with van der Waals surface area (Å²) >= 11 is 0. The van der Waals surface area contributed by atoms with Gasteiger partial charge in [-0.2, -0.15) is 0 Å². The largest absolute Gasteiger partial charge is 0.378 e. The van der Waals surface area contributed by atoms with Crippen molar-refractivity contribution in [3.8, 4) is 0 Å². The molecule has 0 aromatic heterocycles. The van der Waals surface area contributed by atoms with Gasteiger partial charge in [-0.3, -0.25) is 0 Å². The van der Waals surface area contributed by atoms with Crippen LogP contribution in [0.15, 0.2) is 0 Å². The van der Waals surface area contributed by atoms with Gasteiger partial charge in [-0.1, -0.05) is 58.3 Å². The molecule has 1 atom stereocenters. The summed E-state index contributed by atoms with van der Waals surface area (Å²) in [5.41, 5.74) is 0. The lowest BCUT2D eigenvalue weighted by Crippen LogP contribution is -2.26. The van der Waals surface area contributed by atoms with Crippen molar-refractivity contribution in [2.24, 2.45) is 0 Å². The van der Waals surface area contributed by atoms with E-state index >= 15 is 0 Å².